The molecule has 1 aliphatic heterocycles. The van der Waals surface area contributed by atoms with Crippen molar-refractivity contribution in [3.63, 3.8) is 0 Å². The Morgan fingerprint density at radius 2 is 0.956 bits per heavy atom. The number of para-hydroxylation sites is 6. The first-order valence-corrected chi connectivity index (χ1v) is 14.5. The van der Waals surface area contributed by atoms with E-state index in [0.29, 0.717) is 0 Å². The molecule has 45 heavy (non-hydrogen) atoms. The molecule has 0 saturated carbocycles. The largest absolute Gasteiger partial charge is 0.398 e. The molecular formula is C39H38ClN5. The maximum absolute atomic E-state index is 5.88. The van der Waals surface area contributed by atoms with Crippen LogP contribution >= 0.6 is 12.4 Å². The Bertz CT molecular complexity index is 1780. The molecule has 0 atom stereocenters. The molecule has 0 radical (unpaired) electrons. The van der Waals surface area contributed by atoms with Gasteiger partial charge in [-0.2, -0.15) is 0 Å². The van der Waals surface area contributed by atoms with Gasteiger partial charge in [0.05, 0.1) is 11.0 Å². The zero-order valence-corrected chi connectivity index (χ0v) is 25.8. The first kappa shape index (κ1) is 31.1. The highest BCUT2D eigenvalue weighted by atomic mass is 35.5. The number of aromatic nitrogens is 1. The van der Waals surface area contributed by atoms with Gasteiger partial charge in [-0.25, -0.2) is 4.98 Å². The maximum Gasteiger partial charge on any atom is 0.115 e. The molecule has 1 aliphatic rings. The van der Waals surface area contributed by atoms with E-state index >= 15 is 0 Å². The van der Waals surface area contributed by atoms with E-state index in [4.69, 9.17) is 12.9 Å². The van der Waals surface area contributed by atoms with Crippen LogP contribution in [-0.4, -0.2) is 4.98 Å². The third kappa shape index (κ3) is 7.98. The molecule has 8 N–H and O–H groups in total. The SMILES string of the molecule is Cl.Nc1ccccc1Cc1ccccc1N.[2H]N.c1ccc2c(c1)Cc1ccccc1N2.c1ccc2nc3ccccc3cc2c1. The summed E-state index contributed by atoms with van der Waals surface area (Å²) in [6.07, 6.45) is 5.58. The van der Waals surface area contributed by atoms with Gasteiger partial charge in [0.15, 0.2) is 0 Å². The van der Waals surface area contributed by atoms with Crippen LogP contribution in [0.3, 0.4) is 0 Å². The predicted molar refractivity (Wildman–Crippen MR) is 195 cm³/mol. The van der Waals surface area contributed by atoms with Crippen LogP contribution in [0.4, 0.5) is 22.7 Å². The van der Waals surface area contributed by atoms with Crippen LogP contribution < -0.4 is 22.9 Å². The van der Waals surface area contributed by atoms with E-state index in [0.717, 1.165) is 46.4 Å². The van der Waals surface area contributed by atoms with Crippen molar-refractivity contribution in [3.8, 4) is 0 Å². The summed E-state index contributed by atoms with van der Waals surface area (Å²) in [4.78, 5) is 4.58. The van der Waals surface area contributed by atoms with Crippen molar-refractivity contribution >= 4 is 57.0 Å². The van der Waals surface area contributed by atoms with Crippen molar-refractivity contribution < 1.29 is 1.41 Å². The van der Waals surface area contributed by atoms with Gasteiger partial charge in [0.1, 0.15) is 1.41 Å². The summed E-state index contributed by atoms with van der Waals surface area (Å²) in [6, 6.07) is 51.2. The standard InChI is InChI=1S/C13H14N2.C13H11N.C13H9N.ClH.H3N/c14-12-7-3-1-5-10(12)9-11-6-2-4-8-13(11)15;2*1-3-7-12-10(5-1)9-11-6-2-4-8-13(11)14-12;;/h1-8H,9,14-15H2;1-8,14H,9H2;1-9H;1H;1H3/i/hD. The zero-order chi connectivity index (χ0) is 31.4. The Balaban J connectivity index is 0.000000151. The average Bonchev–Trinajstić information content (AvgIpc) is 3.10. The molecular weight excluding hydrogens is 574 g/mol. The lowest BCUT2D eigenvalue weighted by Gasteiger charge is -2.20. The summed E-state index contributed by atoms with van der Waals surface area (Å²) >= 11 is 0. The molecule has 6 heteroatoms. The number of hydrogen-bond donors (Lipinski definition) is 4. The molecule has 0 saturated heterocycles. The summed E-state index contributed by atoms with van der Waals surface area (Å²) in [5, 5.41) is 5.84. The van der Waals surface area contributed by atoms with Crippen LogP contribution in [0, 0.1) is 0 Å². The van der Waals surface area contributed by atoms with Crippen LogP contribution in [0.2, 0.25) is 1.41 Å². The van der Waals surface area contributed by atoms with Gasteiger partial charge >= 0.3 is 0 Å². The molecule has 2 heterocycles. The summed E-state index contributed by atoms with van der Waals surface area (Å²) in [5.41, 5.74) is 23.0. The Morgan fingerprint density at radius 1 is 0.556 bits per heavy atom. The Hall–Kier alpha value is -5.36. The molecule has 226 valence electrons. The second-order valence-corrected chi connectivity index (χ2v) is 10.6. The smallest absolute Gasteiger partial charge is 0.115 e. The first-order chi connectivity index (χ1) is 22.1. The minimum atomic E-state index is 0. The molecule has 5 nitrogen and oxygen atoms in total. The quantitative estimate of drug-likeness (QED) is 0.115. The lowest BCUT2D eigenvalue weighted by atomic mass is 9.98. The van der Waals surface area contributed by atoms with Gasteiger partial charge in [-0.05, 0) is 64.7 Å². The molecule has 0 spiro atoms. The van der Waals surface area contributed by atoms with E-state index in [-0.39, 0.29) is 12.4 Å². The van der Waals surface area contributed by atoms with E-state index in [9.17, 15) is 0 Å². The van der Waals surface area contributed by atoms with Gasteiger partial charge in [0, 0.05) is 46.4 Å². The Kier molecular flexibility index (Phi) is 10.6. The second kappa shape index (κ2) is 15.4. The van der Waals surface area contributed by atoms with Crippen LogP contribution in [-0.2, 0) is 12.8 Å². The van der Waals surface area contributed by atoms with E-state index in [1.165, 1.54) is 33.3 Å². The number of halogens is 1. The fourth-order valence-electron chi connectivity index (χ4n) is 5.26. The molecule has 6 aromatic carbocycles. The van der Waals surface area contributed by atoms with Crippen molar-refractivity contribution in [2.24, 2.45) is 0 Å². The van der Waals surface area contributed by atoms with E-state index < -0.39 is 0 Å². The number of hydrogen-bond acceptors (Lipinski definition) is 5. The molecule has 0 fully saturated rings. The van der Waals surface area contributed by atoms with Crippen molar-refractivity contribution in [2.45, 2.75) is 12.8 Å². The molecule has 0 amide bonds. The van der Waals surface area contributed by atoms with E-state index in [1.807, 2.05) is 84.9 Å². The maximum atomic E-state index is 5.88. The Labute approximate surface area is 272 Å². The second-order valence-electron chi connectivity index (χ2n) is 10.6. The lowest BCUT2D eigenvalue weighted by molar-refractivity contribution is 1.16. The Morgan fingerprint density at radius 3 is 1.44 bits per heavy atom. The number of nitrogens with two attached hydrogens (primary N) is 2. The molecule has 0 aliphatic carbocycles. The summed E-state index contributed by atoms with van der Waals surface area (Å²) in [5.74, 6) is 0. The van der Waals surface area contributed by atoms with Crippen molar-refractivity contribution in [2.75, 3.05) is 16.8 Å². The van der Waals surface area contributed by atoms with E-state index in [1.54, 1.807) is 0 Å². The van der Waals surface area contributed by atoms with Crippen LogP contribution in [0.1, 0.15) is 22.3 Å². The molecule has 8 rings (SSSR count). The van der Waals surface area contributed by atoms with Crippen LogP contribution in [0.5, 0.6) is 0 Å². The molecule has 0 unspecified atom stereocenters. The topological polar surface area (TPSA) is 112 Å². The molecule has 7 aromatic rings. The van der Waals surface area contributed by atoms with E-state index in [2.05, 4.69) is 83.2 Å². The third-order valence-corrected chi connectivity index (χ3v) is 7.60. The average molecular weight is 613 g/mol. The zero-order valence-electron chi connectivity index (χ0n) is 25.9. The van der Waals surface area contributed by atoms with Crippen LogP contribution in [0.15, 0.2) is 152 Å². The van der Waals surface area contributed by atoms with Gasteiger partial charge in [0.2, 0.25) is 0 Å². The van der Waals surface area contributed by atoms with Crippen molar-refractivity contribution in [1.82, 2.24) is 11.1 Å². The number of nitrogens with zero attached hydrogens (tertiary/aromatic N) is 1. The van der Waals surface area contributed by atoms with Gasteiger partial charge in [-0.1, -0.05) is 109 Å². The number of nitrogens with one attached hydrogen (secondary N) is 1. The van der Waals surface area contributed by atoms with Crippen molar-refractivity contribution in [1.29, 1.82) is 0 Å². The predicted octanol–water partition coefficient (Wildman–Crippen LogP) is 9.75. The molecule has 1 aromatic heterocycles. The highest BCUT2D eigenvalue weighted by Gasteiger charge is 2.12. The van der Waals surface area contributed by atoms with Crippen LogP contribution in [0.25, 0.3) is 21.8 Å². The first-order valence-electron chi connectivity index (χ1n) is 15.1. The number of pyridine rings is 1. The van der Waals surface area contributed by atoms with Gasteiger partial charge < -0.3 is 22.9 Å². The van der Waals surface area contributed by atoms with Gasteiger partial charge in [-0.3, -0.25) is 0 Å². The minimum absolute atomic E-state index is 0. The number of fused-ring (bicyclic) bond motifs is 4. The lowest BCUT2D eigenvalue weighted by Crippen LogP contribution is -2.05. The van der Waals surface area contributed by atoms with Crippen molar-refractivity contribution in [3.05, 3.63) is 174 Å². The number of anilines is 4. The third-order valence-electron chi connectivity index (χ3n) is 7.60. The van der Waals surface area contributed by atoms with Gasteiger partial charge in [0.25, 0.3) is 0 Å². The fourth-order valence-corrected chi connectivity index (χ4v) is 5.26. The monoisotopic (exact) mass is 612 g/mol. The minimum Gasteiger partial charge on any atom is -0.398 e. The highest BCUT2D eigenvalue weighted by Crippen LogP contribution is 2.32. The summed E-state index contributed by atoms with van der Waals surface area (Å²) < 4.78 is 5.25. The fraction of sp³-hybridized carbons (Fsp3) is 0.0513. The summed E-state index contributed by atoms with van der Waals surface area (Å²) in [7, 11) is 0. The molecule has 0 bridgehead atoms. The number of nitrogen functional groups attached to an aromatic ring is 2. The van der Waals surface area contributed by atoms with Gasteiger partial charge in [-0.15, -0.1) is 12.4 Å². The highest BCUT2D eigenvalue weighted by molar-refractivity contribution is 5.92. The summed E-state index contributed by atoms with van der Waals surface area (Å²) in [6.45, 7) is 0. The normalized spacial score (nSPS) is 10.8. The number of rotatable bonds is 2. The number of benzene rings is 6.